The molecule has 1 heterocycles. The number of benzene rings is 2. The molecule has 7 nitrogen and oxygen atoms in total. The van der Waals surface area contributed by atoms with Gasteiger partial charge in [0.1, 0.15) is 5.69 Å². The van der Waals surface area contributed by atoms with E-state index in [9.17, 15) is 5.11 Å². The molecule has 0 fully saturated rings. The number of aliphatic hydroxyl groups is 1. The van der Waals surface area contributed by atoms with E-state index >= 15 is 0 Å². The van der Waals surface area contributed by atoms with Crippen molar-refractivity contribution >= 4 is 0 Å². The maximum atomic E-state index is 10.8. The minimum atomic E-state index is -0.578. The molecule has 0 bridgehead atoms. The number of unbranched alkanes of at least 4 members (excludes halogenated alkanes) is 1. The van der Waals surface area contributed by atoms with Crippen LogP contribution in [0.3, 0.4) is 0 Å². The Labute approximate surface area is 215 Å². The SMILES string of the molecule is CCCCOC[C@H](O)CN(Cc1c(-c2ccccc2)nn(C)c1Oc1ccccc1OC)[C@H](C)CC. The molecule has 0 aliphatic carbocycles. The molecule has 196 valence electrons. The van der Waals surface area contributed by atoms with Crippen LogP contribution in [0.4, 0.5) is 0 Å². The average Bonchev–Trinajstić information content (AvgIpc) is 3.21. The Balaban J connectivity index is 1.95. The topological polar surface area (TPSA) is 69.0 Å². The minimum absolute atomic E-state index is 0.248. The third kappa shape index (κ3) is 7.32. The van der Waals surface area contributed by atoms with Crippen LogP contribution < -0.4 is 9.47 Å². The number of aryl methyl sites for hydroxylation is 1. The van der Waals surface area contributed by atoms with E-state index in [2.05, 4.69) is 37.8 Å². The van der Waals surface area contributed by atoms with Crippen molar-refractivity contribution in [3.8, 4) is 28.6 Å². The predicted molar refractivity (Wildman–Crippen MR) is 144 cm³/mol. The highest BCUT2D eigenvalue weighted by Crippen LogP contribution is 2.37. The number of rotatable bonds is 15. The van der Waals surface area contributed by atoms with E-state index in [0.29, 0.717) is 43.7 Å². The highest BCUT2D eigenvalue weighted by molar-refractivity contribution is 5.66. The van der Waals surface area contributed by atoms with Crippen molar-refractivity contribution in [1.82, 2.24) is 14.7 Å². The highest BCUT2D eigenvalue weighted by Gasteiger charge is 2.26. The molecule has 3 rings (SSSR count). The lowest BCUT2D eigenvalue weighted by Crippen LogP contribution is -2.40. The Morgan fingerprint density at radius 2 is 1.72 bits per heavy atom. The molecule has 0 aliphatic rings. The van der Waals surface area contributed by atoms with Gasteiger partial charge in [0.2, 0.25) is 5.88 Å². The number of aliphatic hydroxyl groups excluding tert-OH is 1. The van der Waals surface area contributed by atoms with Gasteiger partial charge in [-0.15, -0.1) is 0 Å². The molecular formula is C29H41N3O4. The van der Waals surface area contributed by atoms with Gasteiger partial charge in [-0.05, 0) is 31.9 Å². The number of methoxy groups -OCH3 is 1. The molecule has 0 radical (unpaired) electrons. The van der Waals surface area contributed by atoms with Crippen LogP contribution in [0.2, 0.25) is 0 Å². The second-order valence-corrected chi connectivity index (χ2v) is 9.14. The highest BCUT2D eigenvalue weighted by atomic mass is 16.5. The lowest BCUT2D eigenvalue weighted by atomic mass is 10.1. The summed E-state index contributed by atoms with van der Waals surface area (Å²) in [5, 5.41) is 15.6. The fourth-order valence-electron chi connectivity index (χ4n) is 4.11. The molecule has 7 heteroatoms. The largest absolute Gasteiger partial charge is 0.493 e. The van der Waals surface area contributed by atoms with Crippen molar-refractivity contribution in [2.45, 2.75) is 58.7 Å². The number of nitrogens with zero attached hydrogens (tertiary/aromatic N) is 3. The third-order valence-electron chi connectivity index (χ3n) is 6.38. The molecule has 36 heavy (non-hydrogen) atoms. The minimum Gasteiger partial charge on any atom is -0.493 e. The van der Waals surface area contributed by atoms with E-state index in [4.69, 9.17) is 19.3 Å². The fraction of sp³-hybridized carbons (Fsp3) is 0.483. The van der Waals surface area contributed by atoms with Crippen molar-refractivity contribution in [2.24, 2.45) is 7.05 Å². The van der Waals surface area contributed by atoms with Gasteiger partial charge in [0, 0.05) is 38.3 Å². The molecule has 0 amide bonds. The second-order valence-electron chi connectivity index (χ2n) is 9.14. The predicted octanol–water partition coefficient (Wildman–Crippen LogP) is 5.67. The maximum absolute atomic E-state index is 10.8. The van der Waals surface area contributed by atoms with E-state index < -0.39 is 6.10 Å². The van der Waals surface area contributed by atoms with Crippen LogP contribution in [0.5, 0.6) is 17.4 Å². The van der Waals surface area contributed by atoms with Crippen molar-refractivity contribution in [3.63, 3.8) is 0 Å². The first kappa shape index (κ1) is 27.7. The molecule has 2 atom stereocenters. The summed E-state index contributed by atoms with van der Waals surface area (Å²) in [7, 11) is 3.53. The molecule has 2 aromatic carbocycles. The van der Waals surface area contributed by atoms with Crippen LogP contribution >= 0.6 is 0 Å². The summed E-state index contributed by atoms with van der Waals surface area (Å²) in [6.45, 7) is 8.55. The van der Waals surface area contributed by atoms with Gasteiger partial charge in [-0.1, -0.05) is 62.7 Å². The summed E-state index contributed by atoms with van der Waals surface area (Å²) in [6, 6.07) is 18.0. The van der Waals surface area contributed by atoms with Crippen LogP contribution in [0.15, 0.2) is 54.6 Å². The molecule has 0 saturated carbocycles. The number of aromatic nitrogens is 2. The normalized spacial score (nSPS) is 13.1. The molecular weight excluding hydrogens is 454 g/mol. The molecule has 0 aliphatic heterocycles. The van der Waals surface area contributed by atoms with Gasteiger partial charge in [-0.2, -0.15) is 5.10 Å². The number of para-hydroxylation sites is 2. The zero-order valence-electron chi connectivity index (χ0n) is 22.3. The van der Waals surface area contributed by atoms with Gasteiger partial charge in [-0.25, -0.2) is 4.68 Å². The van der Waals surface area contributed by atoms with Crippen molar-refractivity contribution in [3.05, 3.63) is 60.2 Å². The summed E-state index contributed by atoms with van der Waals surface area (Å²) in [6.07, 6.45) is 2.45. The van der Waals surface area contributed by atoms with Crippen molar-refractivity contribution in [1.29, 1.82) is 0 Å². The van der Waals surface area contributed by atoms with Gasteiger partial charge in [0.05, 0.1) is 25.4 Å². The Morgan fingerprint density at radius 1 is 1.03 bits per heavy atom. The molecule has 0 unspecified atom stereocenters. The summed E-state index contributed by atoms with van der Waals surface area (Å²) in [5.41, 5.74) is 2.85. The van der Waals surface area contributed by atoms with Crippen LogP contribution in [-0.4, -0.2) is 58.8 Å². The van der Waals surface area contributed by atoms with E-state index in [1.807, 2.05) is 49.5 Å². The first-order valence-electron chi connectivity index (χ1n) is 12.9. The van der Waals surface area contributed by atoms with Gasteiger partial charge in [0.15, 0.2) is 11.5 Å². The Hall–Kier alpha value is -2.87. The Kier molecular flexibility index (Phi) is 10.8. The summed E-state index contributed by atoms with van der Waals surface area (Å²) < 4.78 is 19.4. The summed E-state index contributed by atoms with van der Waals surface area (Å²) >= 11 is 0. The maximum Gasteiger partial charge on any atom is 0.222 e. The number of hydrogen-bond acceptors (Lipinski definition) is 6. The van der Waals surface area contributed by atoms with Crippen LogP contribution in [0.25, 0.3) is 11.3 Å². The van der Waals surface area contributed by atoms with Crippen LogP contribution in [-0.2, 0) is 18.3 Å². The molecule has 1 aromatic heterocycles. The van der Waals surface area contributed by atoms with Gasteiger partial charge in [-0.3, -0.25) is 4.90 Å². The smallest absolute Gasteiger partial charge is 0.222 e. The van der Waals surface area contributed by atoms with E-state index in [0.717, 1.165) is 36.1 Å². The molecule has 0 spiro atoms. The molecule has 1 N–H and O–H groups in total. The third-order valence-corrected chi connectivity index (χ3v) is 6.38. The Bertz CT molecular complexity index is 1050. The molecule has 0 saturated heterocycles. The zero-order chi connectivity index (χ0) is 25.9. The van der Waals surface area contributed by atoms with Crippen molar-refractivity contribution < 1.29 is 19.3 Å². The fourth-order valence-corrected chi connectivity index (χ4v) is 4.11. The monoisotopic (exact) mass is 495 g/mol. The van der Waals surface area contributed by atoms with Gasteiger partial charge >= 0.3 is 0 Å². The summed E-state index contributed by atoms with van der Waals surface area (Å²) in [4.78, 5) is 2.28. The van der Waals surface area contributed by atoms with Gasteiger partial charge < -0.3 is 19.3 Å². The van der Waals surface area contributed by atoms with Gasteiger partial charge in [0.25, 0.3) is 0 Å². The van der Waals surface area contributed by atoms with Crippen LogP contribution in [0.1, 0.15) is 45.6 Å². The summed E-state index contributed by atoms with van der Waals surface area (Å²) in [5.74, 6) is 1.94. The van der Waals surface area contributed by atoms with E-state index in [-0.39, 0.29) is 6.04 Å². The first-order valence-corrected chi connectivity index (χ1v) is 12.9. The number of ether oxygens (including phenoxy) is 3. The lowest BCUT2D eigenvalue weighted by molar-refractivity contribution is 0.00665. The quantitative estimate of drug-likeness (QED) is 0.274. The second kappa shape index (κ2) is 14.0. The first-order chi connectivity index (χ1) is 17.5. The lowest BCUT2D eigenvalue weighted by Gasteiger charge is -2.30. The Morgan fingerprint density at radius 3 is 2.39 bits per heavy atom. The average molecular weight is 496 g/mol. The number of hydrogen-bond donors (Lipinski definition) is 1. The van der Waals surface area contributed by atoms with Crippen LogP contribution in [0, 0.1) is 0 Å². The zero-order valence-corrected chi connectivity index (χ0v) is 22.3. The standard InChI is InChI=1S/C29H41N3O4/c1-6-8-18-35-21-24(33)19-32(22(3)7-2)20-25-28(23-14-10-9-11-15-23)30-31(4)29(25)36-27-17-13-12-16-26(27)34-5/h9-17,22,24,33H,6-8,18-21H2,1-5H3/t22-,24-/m1/s1. The van der Waals surface area contributed by atoms with E-state index in [1.165, 1.54) is 0 Å². The molecule has 3 aromatic rings. The van der Waals surface area contributed by atoms with E-state index in [1.54, 1.807) is 11.8 Å². The van der Waals surface area contributed by atoms with Crippen molar-refractivity contribution in [2.75, 3.05) is 26.9 Å².